The van der Waals surface area contributed by atoms with E-state index in [4.69, 9.17) is 0 Å². The van der Waals surface area contributed by atoms with Gasteiger partial charge in [0.1, 0.15) is 0 Å². The molecule has 0 aromatic carbocycles. The number of urea groups is 1. The zero-order chi connectivity index (χ0) is 18.7. The van der Waals surface area contributed by atoms with E-state index in [-0.39, 0.29) is 18.0 Å². The van der Waals surface area contributed by atoms with Crippen molar-refractivity contribution in [2.45, 2.75) is 25.4 Å². The highest BCUT2D eigenvalue weighted by Gasteiger charge is 2.38. The number of aromatic nitrogens is 1. The minimum absolute atomic E-state index is 0.0472. The number of fused-ring (bicyclic) bond motifs is 4. The van der Waals surface area contributed by atoms with Crippen LogP contribution in [0, 0.1) is 5.92 Å². The molecule has 3 aliphatic heterocycles. The van der Waals surface area contributed by atoms with Gasteiger partial charge in [0.15, 0.2) is 0 Å². The number of carbonyl (C=O) groups excluding carboxylic acids is 2. The van der Waals surface area contributed by atoms with Gasteiger partial charge in [-0.25, -0.2) is 4.79 Å². The molecule has 7 nitrogen and oxygen atoms in total. The first-order valence-electron chi connectivity index (χ1n) is 9.27. The number of likely N-dealkylation sites (N-methyl/N-ethyl adjacent to an activating group) is 1. The monoisotopic (exact) mass is 359 g/mol. The van der Waals surface area contributed by atoms with Gasteiger partial charge in [-0.1, -0.05) is 0 Å². The van der Waals surface area contributed by atoms with Gasteiger partial charge in [-0.2, -0.15) is 0 Å². The van der Waals surface area contributed by atoms with Crippen LogP contribution in [0.2, 0.25) is 0 Å². The molecule has 4 heterocycles. The Bertz CT molecular complexity index is 636. The fourth-order valence-corrected chi connectivity index (χ4v) is 4.00. The zero-order valence-electron chi connectivity index (χ0n) is 16.0. The Morgan fingerprint density at radius 2 is 1.85 bits per heavy atom. The fraction of sp³-hybridized carbons (Fsp3) is 0.632. The van der Waals surface area contributed by atoms with Crippen molar-refractivity contribution >= 4 is 11.9 Å². The Morgan fingerprint density at radius 3 is 2.54 bits per heavy atom. The smallest absolute Gasteiger partial charge is 0.319 e. The van der Waals surface area contributed by atoms with Gasteiger partial charge >= 0.3 is 6.03 Å². The molecule has 1 aromatic rings. The van der Waals surface area contributed by atoms with E-state index < -0.39 is 0 Å². The summed E-state index contributed by atoms with van der Waals surface area (Å²) in [6.45, 7) is 3.29. The highest BCUT2D eigenvalue weighted by Crippen LogP contribution is 2.28. The lowest BCUT2D eigenvalue weighted by atomic mass is 9.95. The Hall–Kier alpha value is -2.15. The summed E-state index contributed by atoms with van der Waals surface area (Å²) in [5.41, 5.74) is 1.15. The summed E-state index contributed by atoms with van der Waals surface area (Å²) in [5.74, 6) is 0.544. The van der Waals surface area contributed by atoms with Crippen molar-refractivity contribution in [2.75, 3.05) is 47.3 Å². The molecule has 3 fully saturated rings. The largest absolute Gasteiger partial charge is 0.336 e. The molecule has 2 bridgehead atoms. The van der Waals surface area contributed by atoms with E-state index in [1.807, 2.05) is 33.9 Å². The van der Waals surface area contributed by atoms with Gasteiger partial charge in [0.2, 0.25) is 5.91 Å². The third kappa shape index (κ3) is 4.33. The molecular formula is C19H29N5O2. The van der Waals surface area contributed by atoms with Crippen LogP contribution in [0.1, 0.15) is 18.4 Å². The molecule has 3 saturated heterocycles. The van der Waals surface area contributed by atoms with Gasteiger partial charge in [-0.15, -0.1) is 0 Å². The highest BCUT2D eigenvalue weighted by molar-refractivity contribution is 5.79. The van der Waals surface area contributed by atoms with Crippen LogP contribution in [0.15, 0.2) is 24.5 Å². The Balaban J connectivity index is 1.60. The molecular weight excluding hydrogens is 330 g/mol. The summed E-state index contributed by atoms with van der Waals surface area (Å²) in [4.78, 5) is 36.9. The molecule has 0 radical (unpaired) electrons. The second-order valence-corrected chi connectivity index (χ2v) is 7.75. The molecule has 7 heteroatoms. The number of nitrogens with zero attached hydrogens (tertiary/aromatic N) is 5. The summed E-state index contributed by atoms with van der Waals surface area (Å²) in [7, 11) is 5.54. The number of carbonyl (C=O) groups is 2. The van der Waals surface area contributed by atoms with Gasteiger partial charge in [0.25, 0.3) is 0 Å². The molecule has 3 aliphatic rings. The third-order valence-electron chi connectivity index (χ3n) is 5.29. The molecule has 0 aliphatic carbocycles. The summed E-state index contributed by atoms with van der Waals surface area (Å²) < 4.78 is 0. The van der Waals surface area contributed by atoms with Gasteiger partial charge in [0, 0.05) is 58.7 Å². The summed E-state index contributed by atoms with van der Waals surface area (Å²) >= 11 is 0. The number of rotatable bonds is 4. The van der Waals surface area contributed by atoms with Crippen molar-refractivity contribution in [1.82, 2.24) is 24.6 Å². The second-order valence-electron chi connectivity index (χ2n) is 7.75. The quantitative estimate of drug-likeness (QED) is 0.808. The van der Waals surface area contributed by atoms with Gasteiger partial charge in [-0.05, 0) is 43.5 Å². The van der Waals surface area contributed by atoms with Crippen LogP contribution >= 0.6 is 0 Å². The predicted octanol–water partition coefficient (Wildman–Crippen LogP) is 1.12. The van der Waals surface area contributed by atoms with E-state index in [2.05, 4.69) is 4.98 Å². The van der Waals surface area contributed by atoms with Crippen LogP contribution < -0.4 is 0 Å². The molecule has 3 amide bonds. The lowest BCUT2D eigenvalue weighted by Gasteiger charge is -2.37. The Kier molecular flexibility index (Phi) is 5.76. The lowest BCUT2D eigenvalue weighted by Crippen LogP contribution is -2.50. The maximum absolute atomic E-state index is 12.9. The van der Waals surface area contributed by atoms with Crippen LogP contribution in [0.4, 0.5) is 4.79 Å². The van der Waals surface area contributed by atoms with E-state index >= 15 is 0 Å². The standard InChI is InChI=1S/C19H29N5O2/c1-21(2)19(26)23-11-16-4-5-17(13-23)24(12-16)18(25)14-22(3)10-15-6-8-20-9-7-15/h6-9,16-17H,4-5,10-14H2,1-3H3. The van der Waals surface area contributed by atoms with Crippen LogP contribution in [0.5, 0.6) is 0 Å². The second kappa shape index (κ2) is 8.03. The summed E-state index contributed by atoms with van der Waals surface area (Å²) in [6.07, 6.45) is 5.63. The van der Waals surface area contributed by atoms with Crippen LogP contribution in [-0.2, 0) is 11.3 Å². The van der Waals surface area contributed by atoms with Gasteiger partial charge < -0.3 is 14.7 Å². The molecule has 0 saturated carbocycles. The summed E-state index contributed by atoms with van der Waals surface area (Å²) in [6, 6.07) is 4.13. The molecule has 0 N–H and O–H groups in total. The van der Waals surface area contributed by atoms with E-state index in [1.54, 1.807) is 31.4 Å². The maximum Gasteiger partial charge on any atom is 0.319 e. The van der Waals surface area contributed by atoms with Crippen molar-refractivity contribution < 1.29 is 9.59 Å². The fourth-order valence-electron chi connectivity index (χ4n) is 4.00. The third-order valence-corrected chi connectivity index (χ3v) is 5.29. The number of pyridine rings is 1. The van der Waals surface area contributed by atoms with Crippen molar-refractivity contribution in [3.05, 3.63) is 30.1 Å². The van der Waals surface area contributed by atoms with E-state index in [0.717, 1.165) is 38.0 Å². The lowest BCUT2D eigenvalue weighted by molar-refractivity contribution is -0.136. The number of amides is 3. The SMILES string of the molecule is CN(CC(=O)N1CC2CCC1CN(C(=O)N(C)C)C2)Cc1ccncc1. The van der Waals surface area contributed by atoms with Crippen molar-refractivity contribution in [2.24, 2.45) is 5.92 Å². The van der Waals surface area contributed by atoms with Crippen LogP contribution in [0.3, 0.4) is 0 Å². The molecule has 1 aromatic heterocycles. The molecule has 142 valence electrons. The molecule has 2 unspecified atom stereocenters. The van der Waals surface area contributed by atoms with Crippen molar-refractivity contribution in [1.29, 1.82) is 0 Å². The Labute approximate surface area is 155 Å². The van der Waals surface area contributed by atoms with Gasteiger partial charge in [-0.3, -0.25) is 14.7 Å². The predicted molar refractivity (Wildman–Crippen MR) is 99.5 cm³/mol. The maximum atomic E-state index is 12.9. The zero-order valence-corrected chi connectivity index (χ0v) is 16.0. The van der Waals surface area contributed by atoms with E-state index in [9.17, 15) is 9.59 Å². The number of hydrogen-bond acceptors (Lipinski definition) is 4. The minimum Gasteiger partial charge on any atom is -0.336 e. The summed E-state index contributed by atoms with van der Waals surface area (Å²) in [5, 5.41) is 0. The molecule has 4 rings (SSSR count). The van der Waals surface area contributed by atoms with Crippen LogP contribution in [-0.4, -0.2) is 89.9 Å². The Morgan fingerprint density at radius 1 is 1.12 bits per heavy atom. The minimum atomic E-state index is 0.0472. The van der Waals surface area contributed by atoms with Crippen LogP contribution in [0.25, 0.3) is 0 Å². The first kappa shape index (κ1) is 18.6. The van der Waals surface area contributed by atoms with Gasteiger partial charge in [0.05, 0.1) is 6.54 Å². The molecule has 0 spiro atoms. The normalized spacial score (nSPS) is 22.5. The first-order valence-corrected chi connectivity index (χ1v) is 9.27. The first-order chi connectivity index (χ1) is 12.4. The molecule has 26 heavy (non-hydrogen) atoms. The number of piperidine rings is 1. The van der Waals surface area contributed by atoms with E-state index in [0.29, 0.717) is 19.0 Å². The average Bonchev–Trinajstić information content (AvgIpc) is 2.93. The highest BCUT2D eigenvalue weighted by atomic mass is 16.2. The van der Waals surface area contributed by atoms with Crippen molar-refractivity contribution in [3.8, 4) is 0 Å². The average molecular weight is 359 g/mol. The van der Waals surface area contributed by atoms with Crippen molar-refractivity contribution in [3.63, 3.8) is 0 Å². The molecule has 2 atom stereocenters. The topological polar surface area (TPSA) is 60.0 Å². The number of hydrogen-bond donors (Lipinski definition) is 0. The van der Waals surface area contributed by atoms with E-state index in [1.165, 1.54) is 0 Å².